The molecule has 0 aromatic carbocycles. The predicted octanol–water partition coefficient (Wildman–Crippen LogP) is 1.58. The van der Waals surface area contributed by atoms with Gasteiger partial charge in [-0.05, 0) is 46.2 Å². The first-order valence-corrected chi connectivity index (χ1v) is 8.34. The Morgan fingerprint density at radius 1 is 1.29 bits per heavy atom. The number of rotatable bonds is 6. The van der Waals surface area contributed by atoms with Crippen LogP contribution < -0.4 is 4.72 Å². The highest BCUT2D eigenvalue weighted by molar-refractivity contribution is 7.89. The normalized spacial score (nSPS) is 20.0. The number of hydrogen-bond acceptors (Lipinski definition) is 3. The highest BCUT2D eigenvalue weighted by Crippen LogP contribution is 2.13. The number of hydrogen-bond donors (Lipinski definition) is 1. The Morgan fingerprint density at radius 2 is 1.88 bits per heavy atom. The van der Waals surface area contributed by atoms with E-state index in [4.69, 9.17) is 0 Å². The minimum absolute atomic E-state index is 0.145. The highest BCUT2D eigenvalue weighted by Gasteiger charge is 2.24. The van der Waals surface area contributed by atoms with Gasteiger partial charge < -0.3 is 4.90 Å². The van der Waals surface area contributed by atoms with E-state index in [1.165, 1.54) is 0 Å². The fraction of sp³-hybridized carbons (Fsp3) is 1.00. The second kappa shape index (κ2) is 6.71. The van der Waals surface area contributed by atoms with E-state index in [0.29, 0.717) is 6.04 Å². The minimum atomic E-state index is -3.05. The van der Waals surface area contributed by atoms with Gasteiger partial charge in [-0.2, -0.15) is 0 Å². The molecule has 1 N–H and O–H groups in total. The summed E-state index contributed by atoms with van der Waals surface area (Å²) in [7, 11) is -3.05. The van der Waals surface area contributed by atoms with Crippen molar-refractivity contribution >= 4 is 10.0 Å². The van der Waals surface area contributed by atoms with Crippen LogP contribution in [0.25, 0.3) is 0 Å². The summed E-state index contributed by atoms with van der Waals surface area (Å²) in [4.78, 5) is 2.40. The van der Waals surface area contributed by atoms with E-state index in [1.807, 2.05) is 6.92 Å². The van der Waals surface area contributed by atoms with E-state index < -0.39 is 10.0 Å². The van der Waals surface area contributed by atoms with Gasteiger partial charge in [-0.25, -0.2) is 13.1 Å². The molecule has 0 aromatic heterocycles. The van der Waals surface area contributed by atoms with Gasteiger partial charge >= 0.3 is 0 Å². The molecule has 0 unspecified atom stereocenters. The lowest BCUT2D eigenvalue weighted by Gasteiger charge is -2.34. The minimum Gasteiger partial charge on any atom is -0.301 e. The van der Waals surface area contributed by atoms with Gasteiger partial charge in [0.25, 0.3) is 0 Å². The molecule has 4 nitrogen and oxygen atoms in total. The first-order valence-electron chi connectivity index (χ1n) is 6.68. The molecule has 1 aliphatic heterocycles. The van der Waals surface area contributed by atoms with Gasteiger partial charge in [-0.15, -0.1) is 0 Å². The number of nitrogens with zero attached hydrogens (tertiary/aromatic N) is 1. The highest BCUT2D eigenvalue weighted by atomic mass is 32.2. The summed E-state index contributed by atoms with van der Waals surface area (Å²) in [6.45, 7) is 8.38. The Morgan fingerprint density at radius 3 is 2.35 bits per heavy atom. The second-order valence-electron chi connectivity index (χ2n) is 5.19. The molecule has 1 heterocycles. The van der Waals surface area contributed by atoms with Crippen molar-refractivity contribution in [3.63, 3.8) is 0 Å². The van der Waals surface area contributed by atoms with Crippen LogP contribution in [0.3, 0.4) is 0 Å². The van der Waals surface area contributed by atoms with Crippen molar-refractivity contribution in [1.82, 2.24) is 9.62 Å². The number of piperidine rings is 1. The molecule has 0 aromatic rings. The Bertz CT molecular complexity index is 306. The van der Waals surface area contributed by atoms with Gasteiger partial charge in [0, 0.05) is 12.1 Å². The molecule has 0 amide bonds. The molecule has 1 rings (SSSR count). The molecule has 102 valence electrons. The third-order valence-electron chi connectivity index (χ3n) is 3.37. The largest absolute Gasteiger partial charge is 0.301 e. The molecular formula is C12H26N2O2S. The van der Waals surface area contributed by atoms with Crippen LogP contribution in [0, 0.1) is 0 Å². The average Bonchev–Trinajstić information content (AvgIpc) is 2.26. The Labute approximate surface area is 106 Å². The lowest BCUT2D eigenvalue weighted by molar-refractivity contribution is 0.168. The maximum atomic E-state index is 11.7. The Balaban J connectivity index is 2.35. The van der Waals surface area contributed by atoms with Gasteiger partial charge in [0.2, 0.25) is 10.0 Å². The third kappa shape index (κ3) is 5.36. The van der Waals surface area contributed by atoms with Crippen LogP contribution >= 0.6 is 0 Å². The Hall–Kier alpha value is -0.130. The number of likely N-dealkylation sites (tertiary alicyclic amines) is 1. The molecule has 0 atom stereocenters. The van der Waals surface area contributed by atoms with E-state index in [-0.39, 0.29) is 11.8 Å². The second-order valence-corrected chi connectivity index (χ2v) is 7.07. The molecule has 0 bridgehead atoms. The van der Waals surface area contributed by atoms with Gasteiger partial charge in [0.05, 0.1) is 5.75 Å². The smallest absolute Gasteiger partial charge is 0.211 e. The molecule has 0 radical (unpaired) electrons. The first-order chi connectivity index (χ1) is 7.94. The monoisotopic (exact) mass is 262 g/mol. The standard InChI is InChI=1S/C12H26N2O2S/c1-4-5-10-17(15,16)13-12-6-8-14(9-7-12)11(2)3/h11-13H,4-10H2,1-3H3. The quantitative estimate of drug-likeness (QED) is 0.790. The summed E-state index contributed by atoms with van der Waals surface area (Å²) in [5.41, 5.74) is 0. The zero-order valence-electron chi connectivity index (χ0n) is 11.3. The fourth-order valence-electron chi connectivity index (χ4n) is 2.18. The van der Waals surface area contributed by atoms with Crippen LogP contribution in [0.5, 0.6) is 0 Å². The molecule has 0 spiro atoms. The first kappa shape index (κ1) is 14.9. The number of nitrogens with one attached hydrogen (secondary N) is 1. The van der Waals surface area contributed by atoms with Crippen LogP contribution in [0.2, 0.25) is 0 Å². The van der Waals surface area contributed by atoms with Crippen molar-refractivity contribution in [2.45, 2.75) is 58.5 Å². The zero-order chi connectivity index (χ0) is 12.9. The van der Waals surface area contributed by atoms with E-state index in [2.05, 4.69) is 23.5 Å². The van der Waals surface area contributed by atoms with Crippen molar-refractivity contribution in [2.24, 2.45) is 0 Å². The molecular weight excluding hydrogens is 236 g/mol. The maximum Gasteiger partial charge on any atom is 0.211 e. The topological polar surface area (TPSA) is 49.4 Å². The molecule has 0 aliphatic carbocycles. The van der Waals surface area contributed by atoms with E-state index in [9.17, 15) is 8.42 Å². The van der Waals surface area contributed by atoms with Crippen molar-refractivity contribution in [3.05, 3.63) is 0 Å². The Kier molecular flexibility index (Phi) is 5.89. The van der Waals surface area contributed by atoms with Crippen LogP contribution in [-0.4, -0.2) is 44.2 Å². The summed E-state index contributed by atoms with van der Waals surface area (Å²) >= 11 is 0. The van der Waals surface area contributed by atoms with E-state index >= 15 is 0 Å². The molecule has 1 aliphatic rings. The van der Waals surface area contributed by atoms with Crippen molar-refractivity contribution < 1.29 is 8.42 Å². The summed E-state index contributed by atoms with van der Waals surface area (Å²) < 4.78 is 26.3. The lowest BCUT2D eigenvalue weighted by atomic mass is 10.1. The summed E-state index contributed by atoms with van der Waals surface area (Å²) in [5.74, 6) is 0.272. The van der Waals surface area contributed by atoms with Crippen molar-refractivity contribution in [3.8, 4) is 0 Å². The zero-order valence-corrected chi connectivity index (χ0v) is 12.1. The van der Waals surface area contributed by atoms with Gasteiger partial charge in [-0.3, -0.25) is 0 Å². The van der Waals surface area contributed by atoms with Gasteiger partial charge in [-0.1, -0.05) is 13.3 Å². The van der Waals surface area contributed by atoms with Gasteiger partial charge in [0.1, 0.15) is 0 Å². The van der Waals surface area contributed by atoms with E-state index in [0.717, 1.165) is 38.8 Å². The SMILES string of the molecule is CCCCS(=O)(=O)NC1CCN(C(C)C)CC1. The van der Waals surface area contributed by atoms with Crippen molar-refractivity contribution in [1.29, 1.82) is 0 Å². The van der Waals surface area contributed by atoms with Gasteiger partial charge in [0.15, 0.2) is 0 Å². The molecule has 1 saturated heterocycles. The van der Waals surface area contributed by atoms with Crippen LogP contribution in [0.4, 0.5) is 0 Å². The molecule has 1 fully saturated rings. The van der Waals surface area contributed by atoms with Crippen molar-refractivity contribution in [2.75, 3.05) is 18.8 Å². The van der Waals surface area contributed by atoms with Crippen LogP contribution in [0.15, 0.2) is 0 Å². The summed E-state index contributed by atoms with van der Waals surface area (Å²) in [6, 6.07) is 0.708. The lowest BCUT2D eigenvalue weighted by Crippen LogP contribution is -2.47. The van der Waals surface area contributed by atoms with E-state index in [1.54, 1.807) is 0 Å². The maximum absolute atomic E-state index is 11.7. The molecule has 17 heavy (non-hydrogen) atoms. The molecule has 5 heteroatoms. The van der Waals surface area contributed by atoms with Crippen LogP contribution in [-0.2, 0) is 10.0 Å². The predicted molar refractivity (Wildman–Crippen MR) is 71.6 cm³/mol. The number of sulfonamides is 1. The summed E-state index contributed by atoms with van der Waals surface area (Å²) in [5, 5.41) is 0. The number of unbranched alkanes of at least 4 members (excludes halogenated alkanes) is 1. The summed E-state index contributed by atoms with van der Waals surface area (Å²) in [6.07, 6.45) is 3.54. The average molecular weight is 262 g/mol. The fourth-order valence-corrected chi connectivity index (χ4v) is 3.71. The molecule has 0 saturated carbocycles. The third-order valence-corrected chi connectivity index (χ3v) is 4.89. The van der Waals surface area contributed by atoms with Crippen LogP contribution in [0.1, 0.15) is 46.5 Å².